The second-order valence-electron chi connectivity index (χ2n) is 3.18. The predicted octanol–water partition coefficient (Wildman–Crippen LogP) is 0.803. The molecule has 0 aliphatic heterocycles. The van der Waals surface area contributed by atoms with E-state index in [0.717, 1.165) is 12.8 Å². The first-order valence-electron chi connectivity index (χ1n) is 4.25. The molecule has 1 aliphatic rings. The van der Waals surface area contributed by atoms with Crippen LogP contribution in [0, 0.1) is 0 Å². The van der Waals surface area contributed by atoms with Crippen LogP contribution in [0.4, 0.5) is 5.82 Å². The number of nitrogens with two attached hydrogens (primary N) is 1. The lowest BCUT2D eigenvalue weighted by Crippen LogP contribution is -2.15. The number of halogens is 1. The van der Waals surface area contributed by atoms with Crippen LogP contribution in [-0.4, -0.2) is 21.9 Å². The molecule has 1 saturated carbocycles. The van der Waals surface area contributed by atoms with Gasteiger partial charge in [0.15, 0.2) is 10.8 Å². The third-order valence-corrected chi connectivity index (χ3v) is 2.16. The van der Waals surface area contributed by atoms with Gasteiger partial charge in [-0.25, -0.2) is 9.97 Å². The minimum absolute atomic E-state index is 0.00742. The fourth-order valence-corrected chi connectivity index (χ4v) is 1.27. The lowest BCUT2D eigenvalue weighted by atomic mass is 10.4. The van der Waals surface area contributed by atoms with Gasteiger partial charge in [0.2, 0.25) is 0 Å². The molecule has 14 heavy (non-hydrogen) atoms. The van der Waals surface area contributed by atoms with Gasteiger partial charge in [0.05, 0.1) is 6.20 Å². The van der Waals surface area contributed by atoms with Crippen LogP contribution in [0.2, 0.25) is 5.15 Å². The molecule has 74 valence electrons. The molecule has 1 fully saturated rings. The van der Waals surface area contributed by atoms with Crippen LogP contribution >= 0.6 is 11.6 Å². The fraction of sp³-hybridized carbons (Fsp3) is 0.375. The van der Waals surface area contributed by atoms with Crippen LogP contribution in [-0.2, 0) is 0 Å². The molecular weight excluding hydrogens is 204 g/mol. The first-order chi connectivity index (χ1) is 6.66. The van der Waals surface area contributed by atoms with Crippen molar-refractivity contribution in [2.24, 2.45) is 5.73 Å². The average molecular weight is 213 g/mol. The third-order valence-electron chi connectivity index (χ3n) is 1.89. The van der Waals surface area contributed by atoms with Crippen molar-refractivity contribution in [3.8, 4) is 0 Å². The highest BCUT2D eigenvalue weighted by molar-refractivity contribution is 6.32. The predicted molar refractivity (Wildman–Crippen MR) is 52.2 cm³/mol. The maximum Gasteiger partial charge on any atom is 0.270 e. The lowest BCUT2D eigenvalue weighted by molar-refractivity contribution is 0.0995. The zero-order valence-electron chi connectivity index (χ0n) is 7.33. The van der Waals surface area contributed by atoms with Gasteiger partial charge in [-0.3, -0.25) is 4.79 Å². The quantitative estimate of drug-likeness (QED) is 0.777. The van der Waals surface area contributed by atoms with Gasteiger partial charge in [-0.1, -0.05) is 11.6 Å². The number of anilines is 1. The highest BCUT2D eigenvalue weighted by Gasteiger charge is 2.22. The van der Waals surface area contributed by atoms with Gasteiger partial charge < -0.3 is 11.1 Å². The molecule has 0 spiro atoms. The Bertz CT molecular complexity index is 378. The third kappa shape index (κ3) is 1.93. The highest BCUT2D eigenvalue weighted by Crippen LogP contribution is 2.24. The topological polar surface area (TPSA) is 80.9 Å². The molecule has 1 aromatic heterocycles. The molecule has 0 bridgehead atoms. The van der Waals surface area contributed by atoms with Crippen molar-refractivity contribution in [2.45, 2.75) is 18.9 Å². The molecule has 1 heterocycles. The van der Waals surface area contributed by atoms with Gasteiger partial charge in [0.25, 0.3) is 5.91 Å². The Morgan fingerprint density at radius 1 is 1.64 bits per heavy atom. The zero-order valence-corrected chi connectivity index (χ0v) is 8.08. The van der Waals surface area contributed by atoms with E-state index in [1.165, 1.54) is 6.20 Å². The van der Waals surface area contributed by atoms with E-state index in [-0.39, 0.29) is 10.8 Å². The van der Waals surface area contributed by atoms with Crippen molar-refractivity contribution in [1.82, 2.24) is 9.97 Å². The monoisotopic (exact) mass is 212 g/mol. The Labute approximate surface area is 85.7 Å². The van der Waals surface area contributed by atoms with Crippen molar-refractivity contribution in [3.63, 3.8) is 0 Å². The molecule has 1 aliphatic carbocycles. The van der Waals surface area contributed by atoms with Crippen LogP contribution < -0.4 is 11.1 Å². The molecule has 0 atom stereocenters. The number of nitrogens with one attached hydrogen (secondary N) is 1. The number of carbonyl (C=O) groups excluding carboxylic acids is 1. The van der Waals surface area contributed by atoms with Gasteiger partial charge >= 0.3 is 0 Å². The zero-order chi connectivity index (χ0) is 10.1. The molecule has 0 saturated heterocycles. The number of aromatic nitrogens is 2. The number of rotatable bonds is 3. The molecule has 2 rings (SSSR count). The maximum atomic E-state index is 10.8. The van der Waals surface area contributed by atoms with E-state index in [9.17, 15) is 4.79 Å². The summed E-state index contributed by atoms with van der Waals surface area (Å²) in [5.41, 5.74) is 5.04. The summed E-state index contributed by atoms with van der Waals surface area (Å²) in [6.45, 7) is 0. The molecule has 1 aromatic rings. The van der Waals surface area contributed by atoms with Gasteiger partial charge in [-0.15, -0.1) is 0 Å². The molecule has 0 aromatic carbocycles. The first kappa shape index (κ1) is 9.21. The summed E-state index contributed by atoms with van der Waals surface area (Å²) in [7, 11) is 0. The SMILES string of the molecule is NC(=O)c1ncc(NC2CC2)nc1Cl. The smallest absolute Gasteiger partial charge is 0.270 e. The van der Waals surface area contributed by atoms with Crippen LogP contribution in [0.25, 0.3) is 0 Å². The summed E-state index contributed by atoms with van der Waals surface area (Å²) in [6.07, 6.45) is 3.73. The summed E-state index contributed by atoms with van der Waals surface area (Å²) in [5.74, 6) is -0.0806. The van der Waals surface area contributed by atoms with Gasteiger partial charge in [0, 0.05) is 6.04 Å². The normalized spacial score (nSPS) is 15.2. The standard InChI is InChI=1S/C8H9ClN4O/c9-7-6(8(10)14)11-3-5(13-7)12-4-1-2-4/h3-4H,1-2H2,(H2,10,14)(H,12,13). The Kier molecular flexibility index (Phi) is 2.25. The molecule has 0 unspecified atom stereocenters. The minimum atomic E-state index is -0.666. The van der Waals surface area contributed by atoms with E-state index < -0.39 is 5.91 Å². The Morgan fingerprint density at radius 2 is 2.36 bits per heavy atom. The number of hydrogen-bond acceptors (Lipinski definition) is 4. The molecule has 5 nitrogen and oxygen atoms in total. The Balaban J connectivity index is 2.20. The number of carbonyl (C=O) groups is 1. The molecular formula is C8H9ClN4O. The molecule has 0 radical (unpaired) electrons. The highest BCUT2D eigenvalue weighted by atomic mass is 35.5. The van der Waals surface area contributed by atoms with Crippen molar-refractivity contribution in [1.29, 1.82) is 0 Å². The number of primary amides is 1. The van der Waals surface area contributed by atoms with Crippen LogP contribution in [0.1, 0.15) is 23.3 Å². The summed E-state index contributed by atoms with van der Waals surface area (Å²) in [5, 5.41) is 3.16. The van der Waals surface area contributed by atoms with Gasteiger partial charge in [-0.05, 0) is 12.8 Å². The largest absolute Gasteiger partial charge is 0.366 e. The van der Waals surface area contributed by atoms with Crippen molar-refractivity contribution in [2.75, 3.05) is 5.32 Å². The summed E-state index contributed by atoms with van der Waals surface area (Å²) < 4.78 is 0. The van der Waals surface area contributed by atoms with Crippen molar-refractivity contribution >= 4 is 23.3 Å². The molecule has 1 amide bonds. The Morgan fingerprint density at radius 3 is 2.86 bits per heavy atom. The molecule has 3 N–H and O–H groups in total. The number of amides is 1. The van der Waals surface area contributed by atoms with E-state index in [1.54, 1.807) is 0 Å². The first-order valence-corrected chi connectivity index (χ1v) is 4.63. The molecule has 6 heteroatoms. The van der Waals surface area contributed by atoms with E-state index in [2.05, 4.69) is 15.3 Å². The van der Waals surface area contributed by atoms with Gasteiger partial charge in [-0.2, -0.15) is 0 Å². The number of hydrogen-bond donors (Lipinski definition) is 2. The van der Waals surface area contributed by atoms with E-state index >= 15 is 0 Å². The van der Waals surface area contributed by atoms with Gasteiger partial charge in [0.1, 0.15) is 5.82 Å². The summed E-state index contributed by atoms with van der Waals surface area (Å²) in [6, 6.07) is 0.472. The number of nitrogens with zero attached hydrogens (tertiary/aromatic N) is 2. The Hall–Kier alpha value is -1.36. The van der Waals surface area contributed by atoms with E-state index in [1.807, 2.05) is 0 Å². The van der Waals surface area contributed by atoms with E-state index in [0.29, 0.717) is 11.9 Å². The average Bonchev–Trinajstić information content (AvgIpc) is 2.87. The van der Waals surface area contributed by atoms with Crippen molar-refractivity contribution in [3.05, 3.63) is 17.0 Å². The van der Waals surface area contributed by atoms with Crippen LogP contribution in [0.15, 0.2) is 6.20 Å². The maximum absolute atomic E-state index is 10.8. The summed E-state index contributed by atoms with van der Waals surface area (Å²) in [4.78, 5) is 18.6. The van der Waals surface area contributed by atoms with E-state index in [4.69, 9.17) is 17.3 Å². The second kappa shape index (κ2) is 3.42. The lowest BCUT2D eigenvalue weighted by Gasteiger charge is -2.04. The van der Waals surface area contributed by atoms with Crippen molar-refractivity contribution < 1.29 is 4.79 Å². The second-order valence-corrected chi connectivity index (χ2v) is 3.54. The fourth-order valence-electron chi connectivity index (χ4n) is 1.04. The van der Waals surface area contributed by atoms with Crippen LogP contribution in [0.3, 0.4) is 0 Å². The minimum Gasteiger partial charge on any atom is -0.366 e. The summed E-state index contributed by atoms with van der Waals surface area (Å²) >= 11 is 5.71. The van der Waals surface area contributed by atoms with Crippen LogP contribution in [0.5, 0.6) is 0 Å².